The molecule has 6 aliphatic rings. The summed E-state index contributed by atoms with van der Waals surface area (Å²) in [5, 5.41) is 3.34. The van der Waals surface area contributed by atoms with Crippen LogP contribution >= 0.6 is 0 Å². The van der Waals surface area contributed by atoms with E-state index in [9.17, 15) is 4.79 Å². The number of pyridine rings is 2. The number of hydrogen-bond acceptors (Lipinski definition) is 9. The molecule has 6 atom stereocenters. The Balaban J connectivity index is 0.000000149. The molecule has 2 aliphatic carbocycles. The Kier molecular flexibility index (Phi) is 8.29. The quantitative estimate of drug-likeness (QED) is 0.347. The summed E-state index contributed by atoms with van der Waals surface area (Å²) < 4.78 is 17.2. The molecule has 3 aromatic rings. The van der Waals surface area contributed by atoms with E-state index in [0.717, 1.165) is 85.6 Å². The molecule has 1 N–H and O–H groups in total. The largest absolute Gasteiger partial charge is 0.490 e. The van der Waals surface area contributed by atoms with Crippen LogP contribution in [0.5, 0.6) is 11.5 Å². The van der Waals surface area contributed by atoms with Gasteiger partial charge >= 0.3 is 6.09 Å². The molecule has 4 unspecified atom stereocenters. The van der Waals surface area contributed by atoms with Crippen LogP contribution in [0.25, 0.3) is 0 Å². The lowest BCUT2D eigenvalue weighted by Gasteiger charge is -2.39. The van der Waals surface area contributed by atoms with E-state index in [4.69, 9.17) is 14.2 Å². The number of benzene rings is 1. The first-order valence-electron chi connectivity index (χ1n) is 17.0. The molecule has 46 heavy (non-hydrogen) atoms. The van der Waals surface area contributed by atoms with Gasteiger partial charge in [0.25, 0.3) is 0 Å². The minimum Gasteiger partial charge on any atom is -0.490 e. The second-order valence-electron chi connectivity index (χ2n) is 13.8. The molecule has 2 saturated carbocycles. The first-order valence-corrected chi connectivity index (χ1v) is 17.0. The summed E-state index contributed by atoms with van der Waals surface area (Å²) >= 11 is 0. The fourth-order valence-electron chi connectivity index (χ4n) is 7.07. The van der Waals surface area contributed by atoms with Crippen LogP contribution in [-0.4, -0.2) is 85.5 Å². The van der Waals surface area contributed by atoms with E-state index in [2.05, 4.69) is 37.2 Å². The monoisotopic (exact) mass is 624 g/mol. The summed E-state index contributed by atoms with van der Waals surface area (Å²) in [6.45, 7) is 8.07. The van der Waals surface area contributed by atoms with E-state index in [1.54, 1.807) is 11.1 Å². The smallest absolute Gasteiger partial charge is 0.410 e. The number of likely N-dealkylation sites (tertiary alicyclic amines) is 1. The third kappa shape index (κ3) is 6.87. The molecule has 1 amide bonds. The Labute approximate surface area is 271 Å². The van der Waals surface area contributed by atoms with Crippen molar-refractivity contribution in [3.8, 4) is 11.5 Å². The number of piperidine rings is 2. The van der Waals surface area contributed by atoms with Crippen LogP contribution in [0.1, 0.15) is 31.2 Å². The number of ether oxygens (including phenoxy) is 3. The second kappa shape index (κ2) is 13.0. The van der Waals surface area contributed by atoms with E-state index in [1.165, 1.54) is 38.0 Å². The SMILES string of the molecule is O=C(OCc1ccccc1)N1CC[C@H]1COc1cncc(N2CC3CC3C2)c1.c1ncc(N2CC3CC3C2)cc1OC[C@@H]1CCN1. The van der Waals surface area contributed by atoms with Gasteiger partial charge in [0.05, 0.1) is 42.2 Å². The van der Waals surface area contributed by atoms with Crippen LogP contribution in [0.15, 0.2) is 67.3 Å². The van der Waals surface area contributed by atoms with E-state index in [0.29, 0.717) is 19.3 Å². The highest BCUT2D eigenvalue weighted by Gasteiger charge is 2.46. The highest BCUT2D eigenvalue weighted by molar-refractivity contribution is 5.69. The molecule has 0 spiro atoms. The number of aromatic nitrogens is 2. The van der Waals surface area contributed by atoms with Crippen LogP contribution in [0, 0.1) is 23.7 Å². The molecule has 6 fully saturated rings. The molecule has 1 aromatic carbocycles. The summed E-state index contributed by atoms with van der Waals surface area (Å²) in [6.07, 6.45) is 12.1. The standard InChI is InChI=1S/C22H25N3O3.C14H19N3O/c26-22(28-14-16-4-2-1-3-5-16)25-7-6-19(25)15-27-21-9-20(10-23-11-21)24-12-17-8-18(17)13-24;1-2-16-12(1)9-18-14-4-13(5-15-6-14)17-7-10-3-11(10)8-17/h1-5,9-11,17-19H,6-8,12-15H2;4-6,10-12,16H,1-3,7-9H2/t17?,18?,19-;10?,11?,12-/m00/s1. The topological polar surface area (TPSA) is 92.3 Å². The van der Waals surface area contributed by atoms with Crippen molar-refractivity contribution in [1.29, 1.82) is 0 Å². The van der Waals surface area contributed by atoms with Crippen LogP contribution < -0.4 is 24.6 Å². The normalized spacial score (nSPS) is 28.1. The van der Waals surface area contributed by atoms with Crippen molar-refractivity contribution < 1.29 is 19.0 Å². The summed E-state index contributed by atoms with van der Waals surface area (Å²) in [4.78, 5) is 27.5. The molecule has 4 saturated heterocycles. The molecular formula is C36H44N6O4. The number of amides is 1. The zero-order valence-electron chi connectivity index (χ0n) is 26.4. The number of rotatable bonds is 10. The predicted octanol–water partition coefficient (Wildman–Crippen LogP) is 4.61. The maximum atomic E-state index is 12.3. The van der Waals surface area contributed by atoms with Crippen LogP contribution in [0.2, 0.25) is 0 Å². The molecule has 2 aromatic heterocycles. The summed E-state index contributed by atoms with van der Waals surface area (Å²) in [6, 6.07) is 14.5. The predicted molar refractivity (Wildman–Crippen MR) is 175 cm³/mol. The third-order valence-corrected chi connectivity index (χ3v) is 10.5. The number of fused-ring (bicyclic) bond motifs is 2. The van der Waals surface area contributed by atoms with Gasteiger partial charge in [-0.3, -0.25) is 9.97 Å². The fraction of sp³-hybridized carbons (Fsp3) is 0.528. The van der Waals surface area contributed by atoms with Gasteiger partial charge in [0.15, 0.2) is 0 Å². The Morgan fingerprint density at radius 2 is 1.37 bits per heavy atom. The number of nitrogens with one attached hydrogen (secondary N) is 1. The summed E-state index contributed by atoms with van der Waals surface area (Å²) in [5.74, 6) is 5.34. The van der Waals surface area contributed by atoms with Crippen molar-refractivity contribution in [2.75, 3.05) is 62.3 Å². The highest BCUT2D eigenvalue weighted by atomic mass is 16.6. The lowest BCUT2D eigenvalue weighted by Crippen LogP contribution is -2.54. The Hall–Kier alpha value is -4.05. The summed E-state index contributed by atoms with van der Waals surface area (Å²) in [7, 11) is 0. The van der Waals surface area contributed by atoms with Crippen LogP contribution in [-0.2, 0) is 11.3 Å². The number of carbonyl (C=O) groups excluding carboxylic acids is 1. The molecule has 10 nitrogen and oxygen atoms in total. The van der Waals surface area contributed by atoms with Gasteiger partial charge in [0.2, 0.25) is 0 Å². The lowest BCUT2D eigenvalue weighted by atomic mass is 10.1. The van der Waals surface area contributed by atoms with Gasteiger partial charge in [-0.1, -0.05) is 30.3 Å². The Morgan fingerprint density at radius 1 is 0.783 bits per heavy atom. The van der Waals surface area contributed by atoms with Gasteiger partial charge in [-0.05, 0) is 61.5 Å². The van der Waals surface area contributed by atoms with Crippen molar-refractivity contribution in [3.05, 3.63) is 72.8 Å². The Bertz CT molecular complexity index is 1480. The zero-order valence-corrected chi connectivity index (χ0v) is 26.4. The highest BCUT2D eigenvalue weighted by Crippen LogP contribution is 2.47. The van der Waals surface area contributed by atoms with E-state index < -0.39 is 0 Å². The first-order chi connectivity index (χ1) is 22.6. The van der Waals surface area contributed by atoms with E-state index in [-0.39, 0.29) is 12.1 Å². The average molecular weight is 625 g/mol. The van der Waals surface area contributed by atoms with Crippen LogP contribution in [0.4, 0.5) is 16.2 Å². The van der Waals surface area contributed by atoms with Gasteiger partial charge in [-0.2, -0.15) is 0 Å². The first kappa shape index (κ1) is 29.4. The van der Waals surface area contributed by atoms with Gasteiger partial charge < -0.3 is 34.2 Å². The molecule has 0 radical (unpaired) electrons. The second-order valence-corrected chi connectivity index (χ2v) is 13.8. The minimum atomic E-state index is -0.271. The van der Waals surface area contributed by atoms with Crippen molar-refractivity contribution in [2.45, 2.75) is 44.4 Å². The summed E-state index contributed by atoms with van der Waals surface area (Å²) in [5.41, 5.74) is 3.35. The molecular weight excluding hydrogens is 580 g/mol. The zero-order chi connectivity index (χ0) is 30.9. The van der Waals surface area contributed by atoms with Gasteiger partial charge in [0.1, 0.15) is 31.3 Å². The van der Waals surface area contributed by atoms with Crippen molar-refractivity contribution >= 4 is 17.5 Å². The fourth-order valence-corrected chi connectivity index (χ4v) is 7.07. The minimum absolute atomic E-state index is 0.0614. The molecule has 10 heteroatoms. The van der Waals surface area contributed by atoms with Gasteiger partial charge in [-0.25, -0.2) is 4.79 Å². The number of hydrogen-bond donors (Lipinski definition) is 1. The lowest BCUT2D eigenvalue weighted by molar-refractivity contribution is 0.0259. The molecule has 0 bridgehead atoms. The van der Waals surface area contributed by atoms with Crippen molar-refractivity contribution in [1.82, 2.24) is 20.2 Å². The maximum absolute atomic E-state index is 12.3. The van der Waals surface area contributed by atoms with E-state index >= 15 is 0 Å². The maximum Gasteiger partial charge on any atom is 0.410 e. The average Bonchev–Trinajstić information content (AvgIpc) is 3.89. The van der Waals surface area contributed by atoms with Gasteiger partial charge in [0, 0.05) is 50.9 Å². The van der Waals surface area contributed by atoms with Gasteiger partial charge in [-0.15, -0.1) is 0 Å². The number of carbonyl (C=O) groups is 1. The third-order valence-electron chi connectivity index (χ3n) is 10.5. The molecule has 9 rings (SSSR count). The number of anilines is 2. The van der Waals surface area contributed by atoms with Crippen molar-refractivity contribution in [2.24, 2.45) is 23.7 Å². The van der Waals surface area contributed by atoms with Crippen LogP contribution in [0.3, 0.4) is 0 Å². The van der Waals surface area contributed by atoms with Crippen molar-refractivity contribution in [3.63, 3.8) is 0 Å². The number of nitrogens with zero attached hydrogens (tertiary/aromatic N) is 5. The molecule has 6 heterocycles. The molecule has 242 valence electrons. The van der Waals surface area contributed by atoms with E-state index in [1.807, 2.05) is 48.9 Å². The Morgan fingerprint density at radius 3 is 1.89 bits per heavy atom. The molecule has 4 aliphatic heterocycles.